The number of allylic oxidation sites excluding steroid dienone is 1. The van der Waals surface area contributed by atoms with Crippen LogP contribution >= 0.6 is 0 Å². The standard InChI is InChI=1S/C15H15N5/c1-9(2)12-8-18-20-14(16)5-13(19-15(12)20)11-4-10(3)6-17-7-11/h4-8H,1,16H2,2-3H3. The summed E-state index contributed by atoms with van der Waals surface area (Å²) in [4.78, 5) is 8.84. The van der Waals surface area contributed by atoms with Crippen molar-refractivity contribution in [3.05, 3.63) is 48.4 Å². The molecule has 3 heterocycles. The van der Waals surface area contributed by atoms with E-state index in [1.54, 1.807) is 23.0 Å². The molecule has 100 valence electrons. The van der Waals surface area contributed by atoms with Crippen LogP contribution in [0.5, 0.6) is 0 Å². The van der Waals surface area contributed by atoms with Gasteiger partial charge in [-0.25, -0.2) is 4.98 Å². The molecule has 0 saturated heterocycles. The molecule has 0 atom stereocenters. The van der Waals surface area contributed by atoms with E-state index >= 15 is 0 Å². The van der Waals surface area contributed by atoms with Gasteiger partial charge in [0.2, 0.25) is 0 Å². The molecule has 3 aromatic heterocycles. The van der Waals surface area contributed by atoms with Crippen LogP contribution in [-0.4, -0.2) is 19.6 Å². The summed E-state index contributed by atoms with van der Waals surface area (Å²) < 4.78 is 1.62. The maximum atomic E-state index is 6.06. The number of nitrogen functional groups attached to an aromatic ring is 1. The Morgan fingerprint density at radius 2 is 2.05 bits per heavy atom. The Bertz CT molecular complexity index is 816. The van der Waals surface area contributed by atoms with Crippen molar-refractivity contribution in [3.8, 4) is 11.3 Å². The van der Waals surface area contributed by atoms with E-state index in [-0.39, 0.29) is 0 Å². The lowest BCUT2D eigenvalue weighted by Crippen LogP contribution is -2.01. The van der Waals surface area contributed by atoms with Gasteiger partial charge in [-0.15, -0.1) is 0 Å². The Morgan fingerprint density at radius 3 is 2.75 bits per heavy atom. The maximum absolute atomic E-state index is 6.06. The lowest BCUT2D eigenvalue weighted by molar-refractivity contribution is 0.953. The Kier molecular flexibility index (Phi) is 2.75. The van der Waals surface area contributed by atoms with Gasteiger partial charge in [-0.2, -0.15) is 9.61 Å². The number of anilines is 1. The van der Waals surface area contributed by atoms with Crippen LogP contribution in [0.1, 0.15) is 18.1 Å². The first-order valence-electron chi connectivity index (χ1n) is 6.28. The molecule has 0 aliphatic carbocycles. The zero-order chi connectivity index (χ0) is 14.3. The molecule has 0 aromatic carbocycles. The number of pyridine rings is 1. The second-order valence-corrected chi connectivity index (χ2v) is 4.89. The molecule has 0 radical (unpaired) electrons. The predicted molar refractivity (Wildman–Crippen MR) is 80.1 cm³/mol. The van der Waals surface area contributed by atoms with Crippen LogP contribution in [0, 0.1) is 6.92 Å². The van der Waals surface area contributed by atoms with Gasteiger partial charge in [0, 0.05) is 29.6 Å². The molecular weight excluding hydrogens is 250 g/mol. The molecule has 0 spiro atoms. The molecule has 0 amide bonds. The van der Waals surface area contributed by atoms with Crippen molar-refractivity contribution < 1.29 is 0 Å². The van der Waals surface area contributed by atoms with Gasteiger partial charge >= 0.3 is 0 Å². The predicted octanol–water partition coefficient (Wildman–Crippen LogP) is 2.72. The summed E-state index contributed by atoms with van der Waals surface area (Å²) in [6.45, 7) is 7.87. The van der Waals surface area contributed by atoms with Crippen molar-refractivity contribution in [3.63, 3.8) is 0 Å². The van der Waals surface area contributed by atoms with Crippen molar-refractivity contribution in [2.24, 2.45) is 0 Å². The number of aromatic nitrogens is 4. The van der Waals surface area contributed by atoms with Crippen LogP contribution in [0.4, 0.5) is 5.82 Å². The van der Waals surface area contributed by atoms with E-state index in [9.17, 15) is 0 Å². The molecule has 0 saturated carbocycles. The van der Waals surface area contributed by atoms with E-state index in [1.165, 1.54) is 0 Å². The van der Waals surface area contributed by atoms with E-state index in [2.05, 4.69) is 21.6 Å². The van der Waals surface area contributed by atoms with Gasteiger partial charge in [-0.3, -0.25) is 4.98 Å². The molecular formula is C15H15N5. The number of nitrogens with zero attached hydrogens (tertiary/aromatic N) is 4. The maximum Gasteiger partial charge on any atom is 0.165 e. The molecule has 0 aliphatic heterocycles. The highest BCUT2D eigenvalue weighted by molar-refractivity contribution is 5.76. The zero-order valence-corrected chi connectivity index (χ0v) is 11.5. The third-order valence-electron chi connectivity index (χ3n) is 3.13. The third-order valence-corrected chi connectivity index (χ3v) is 3.13. The van der Waals surface area contributed by atoms with E-state index in [4.69, 9.17) is 5.73 Å². The molecule has 5 heteroatoms. The largest absolute Gasteiger partial charge is 0.384 e. The van der Waals surface area contributed by atoms with Gasteiger partial charge in [-0.1, -0.05) is 6.58 Å². The minimum atomic E-state index is 0.541. The number of hydrogen-bond acceptors (Lipinski definition) is 4. The lowest BCUT2D eigenvalue weighted by Gasteiger charge is -2.06. The Labute approximate surface area is 116 Å². The second-order valence-electron chi connectivity index (χ2n) is 4.89. The minimum absolute atomic E-state index is 0.541. The monoisotopic (exact) mass is 265 g/mol. The van der Waals surface area contributed by atoms with Crippen molar-refractivity contribution in [2.75, 3.05) is 5.73 Å². The first kappa shape index (κ1) is 12.3. The van der Waals surface area contributed by atoms with Crippen LogP contribution in [-0.2, 0) is 0 Å². The van der Waals surface area contributed by atoms with E-state index in [1.807, 2.05) is 26.1 Å². The highest BCUT2D eigenvalue weighted by Crippen LogP contribution is 2.24. The summed E-state index contributed by atoms with van der Waals surface area (Å²) in [6, 6.07) is 3.83. The Hall–Kier alpha value is -2.69. The van der Waals surface area contributed by atoms with E-state index < -0.39 is 0 Å². The van der Waals surface area contributed by atoms with Crippen molar-refractivity contribution in [1.29, 1.82) is 0 Å². The smallest absolute Gasteiger partial charge is 0.165 e. The molecule has 0 unspecified atom stereocenters. The van der Waals surface area contributed by atoms with Gasteiger partial charge in [0.05, 0.1) is 11.9 Å². The van der Waals surface area contributed by atoms with Gasteiger partial charge in [0.15, 0.2) is 5.65 Å². The highest BCUT2D eigenvalue weighted by Gasteiger charge is 2.11. The fourth-order valence-corrected chi connectivity index (χ4v) is 2.13. The van der Waals surface area contributed by atoms with Crippen molar-refractivity contribution in [2.45, 2.75) is 13.8 Å². The number of fused-ring (bicyclic) bond motifs is 1. The minimum Gasteiger partial charge on any atom is -0.384 e. The van der Waals surface area contributed by atoms with Gasteiger partial charge < -0.3 is 5.73 Å². The summed E-state index contributed by atoms with van der Waals surface area (Å²) in [5.74, 6) is 0.541. The SMILES string of the molecule is C=C(C)c1cnn2c(N)cc(-c3cncc(C)c3)nc12. The second kappa shape index (κ2) is 4.45. The van der Waals surface area contributed by atoms with Gasteiger partial charge in [0.25, 0.3) is 0 Å². The quantitative estimate of drug-likeness (QED) is 0.773. The number of nitrogens with two attached hydrogens (primary N) is 1. The molecule has 5 nitrogen and oxygen atoms in total. The average molecular weight is 265 g/mol. The summed E-state index contributed by atoms with van der Waals surface area (Å²) in [6.07, 6.45) is 5.32. The molecule has 3 rings (SSSR count). The Morgan fingerprint density at radius 1 is 1.25 bits per heavy atom. The van der Waals surface area contributed by atoms with Crippen molar-refractivity contribution >= 4 is 17.0 Å². The normalized spacial score (nSPS) is 10.9. The zero-order valence-electron chi connectivity index (χ0n) is 11.5. The first-order chi connectivity index (χ1) is 9.56. The van der Waals surface area contributed by atoms with Crippen LogP contribution in [0.2, 0.25) is 0 Å². The summed E-state index contributed by atoms with van der Waals surface area (Å²) in [7, 11) is 0. The lowest BCUT2D eigenvalue weighted by atomic mass is 10.1. The molecule has 2 N–H and O–H groups in total. The first-order valence-corrected chi connectivity index (χ1v) is 6.28. The van der Waals surface area contributed by atoms with Crippen LogP contribution in [0.15, 0.2) is 37.3 Å². The summed E-state index contributed by atoms with van der Waals surface area (Å²) >= 11 is 0. The van der Waals surface area contributed by atoms with E-state index in [0.717, 1.165) is 28.0 Å². The van der Waals surface area contributed by atoms with Crippen LogP contribution < -0.4 is 5.73 Å². The topological polar surface area (TPSA) is 69.1 Å². The van der Waals surface area contributed by atoms with Gasteiger partial charge in [0.1, 0.15) is 5.82 Å². The summed E-state index contributed by atoms with van der Waals surface area (Å²) in [5.41, 5.74) is 11.4. The molecule has 0 aliphatic rings. The molecule has 20 heavy (non-hydrogen) atoms. The van der Waals surface area contributed by atoms with Crippen LogP contribution in [0.3, 0.4) is 0 Å². The van der Waals surface area contributed by atoms with Crippen molar-refractivity contribution in [1.82, 2.24) is 19.6 Å². The number of hydrogen-bond donors (Lipinski definition) is 1. The fourth-order valence-electron chi connectivity index (χ4n) is 2.13. The van der Waals surface area contributed by atoms with Crippen LogP contribution in [0.25, 0.3) is 22.5 Å². The molecule has 0 fully saturated rings. The molecule has 0 bridgehead atoms. The Balaban J connectivity index is 2.27. The number of aryl methyl sites for hydroxylation is 1. The van der Waals surface area contributed by atoms with E-state index in [0.29, 0.717) is 11.5 Å². The highest BCUT2D eigenvalue weighted by atomic mass is 15.3. The average Bonchev–Trinajstić information content (AvgIpc) is 2.83. The van der Waals surface area contributed by atoms with Gasteiger partial charge in [-0.05, 0) is 31.1 Å². The third kappa shape index (κ3) is 1.93. The summed E-state index contributed by atoms with van der Waals surface area (Å²) in [5, 5.41) is 4.24. The fraction of sp³-hybridized carbons (Fsp3) is 0.133. The number of rotatable bonds is 2. The molecule has 3 aromatic rings.